The van der Waals surface area contributed by atoms with Crippen LogP contribution in [-0.2, 0) is 6.42 Å². The van der Waals surface area contributed by atoms with Gasteiger partial charge in [0.25, 0.3) is 0 Å². The van der Waals surface area contributed by atoms with Crippen LogP contribution in [0.4, 0.5) is 0 Å². The van der Waals surface area contributed by atoms with Crippen LogP contribution in [0.15, 0.2) is 41.3 Å². The van der Waals surface area contributed by atoms with Crippen LogP contribution in [0.3, 0.4) is 0 Å². The van der Waals surface area contributed by atoms with Gasteiger partial charge in [0, 0.05) is 17.5 Å². The van der Waals surface area contributed by atoms with Crippen molar-refractivity contribution in [1.29, 1.82) is 0 Å². The second kappa shape index (κ2) is 4.86. The normalized spacial score (nSPS) is 24.7. The lowest BCUT2D eigenvalue weighted by Gasteiger charge is -2.02. The van der Waals surface area contributed by atoms with Crippen LogP contribution < -0.4 is 0 Å². The SMILES string of the molecule is C/C=C\Cc1ccc(SN2CC2C)cc1. The summed E-state index contributed by atoms with van der Waals surface area (Å²) in [4.78, 5) is 1.35. The molecule has 0 N–H and O–H groups in total. The summed E-state index contributed by atoms with van der Waals surface area (Å²) in [5.74, 6) is 0. The average molecular weight is 219 g/mol. The molecule has 2 atom stereocenters. The van der Waals surface area contributed by atoms with Crippen LogP contribution in [0.5, 0.6) is 0 Å². The molecular formula is C13H17NS. The molecule has 2 unspecified atom stereocenters. The second-order valence-electron chi connectivity index (χ2n) is 3.96. The van der Waals surface area contributed by atoms with E-state index in [1.807, 2.05) is 11.9 Å². The van der Waals surface area contributed by atoms with Crippen LogP contribution in [0.2, 0.25) is 0 Å². The second-order valence-corrected chi connectivity index (χ2v) is 5.08. The van der Waals surface area contributed by atoms with Crippen molar-refractivity contribution in [3.8, 4) is 0 Å². The van der Waals surface area contributed by atoms with E-state index in [4.69, 9.17) is 0 Å². The topological polar surface area (TPSA) is 3.01 Å². The molecule has 0 saturated carbocycles. The maximum atomic E-state index is 2.39. The Bertz CT molecular complexity index is 342. The van der Waals surface area contributed by atoms with Gasteiger partial charge in [-0.3, -0.25) is 0 Å². The summed E-state index contributed by atoms with van der Waals surface area (Å²) in [6.07, 6.45) is 5.33. The number of rotatable bonds is 4. The first-order valence-corrected chi connectivity index (χ1v) is 6.21. The Labute approximate surface area is 96.3 Å². The molecule has 1 saturated heterocycles. The summed E-state index contributed by atoms with van der Waals surface area (Å²) in [6, 6.07) is 9.63. The highest BCUT2D eigenvalue weighted by molar-refractivity contribution is 7.97. The molecule has 0 bridgehead atoms. The third kappa shape index (κ3) is 3.11. The third-order valence-electron chi connectivity index (χ3n) is 2.54. The maximum Gasteiger partial charge on any atom is 0.0315 e. The van der Waals surface area contributed by atoms with Crippen LogP contribution in [0.1, 0.15) is 19.4 Å². The molecule has 1 heterocycles. The number of hydrogen-bond donors (Lipinski definition) is 0. The van der Waals surface area contributed by atoms with E-state index >= 15 is 0 Å². The highest BCUT2D eigenvalue weighted by Gasteiger charge is 2.29. The van der Waals surface area contributed by atoms with Crippen molar-refractivity contribution in [1.82, 2.24) is 4.31 Å². The van der Waals surface area contributed by atoms with Gasteiger partial charge in [-0.05, 0) is 49.9 Å². The molecule has 0 radical (unpaired) electrons. The van der Waals surface area contributed by atoms with Gasteiger partial charge in [0.1, 0.15) is 0 Å². The van der Waals surface area contributed by atoms with E-state index < -0.39 is 0 Å². The van der Waals surface area contributed by atoms with Crippen LogP contribution in [0, 0.1) is 0 Å². The van der Waals surface area contributed by atoms with Gasteiger partial charge < -0.3 is 0 Å². The van der Waals surface area contributed by atoms with E-state index in [0.29, 0.717) is 0 Å². The van der Waals surface area contributed by atoms with Gasteiger partial charge in [0.05, 0.1) is 0 Å². The van der Waals surface area contributed by atoms with Crippen molar-refractivity contribution in [3.05, 3.63) is 42.0 Å². The lowest BCUT2D eigenvalue weighted by atomic mass is 10.1. The monoisotopic (exact) mass is 219 g/mol. The third-order valence-corrected chi connectivity index (χ3v) is 3.76. The van der Waals surface area contributed by atoms with Crippen LogP contribution in [0.25, 0.3) is 0 Å². The van der Waals surface area contributed by atoms with Crippen LogP contribution in [-0.4, -0.2) is 16.9 Å². The van der Waals surface area contributed by atoms with Crippen molar-refractivity contribution in [2.75, 3.05) is 6.54 Å². The van der Waals surface area contributed by atoms with Crippen molar-refractivity contribution >= 4 is 11.9 Å². The molecule has 2 rings (SSSR count). The summed E-state index contributed by atoms with van der Waals surface area (Å²) in [6.45, 7) is 5.55. The first kappa shape index (κ1) is 10.8. The molecule has 1 aliphatic heterocycles. The Kier molecular flexibility index (Phi) is 3.49. The first-order valence-electron chi connectivity index (χ1n) is 5.44. The molecule has 0 spiro atoms. The number of nitrogens with zero attached hydrogens (tertiary/aromatic N) is 1. The highest BCUT2D eigenvalue weighted by Crippen LogP contribution is 2.33. The van der Waals surface area contributed by atoms with Gasteiger partial charge in [-0.2, -0.15) is 0 Å². The van der Waals surface area contributed by atoms with E-state index in [2.05, 4.69) is 54.6 Å². The minimum Gasteiger partial charge on any atom is -0.241 e. The predicted octanol–water partition coefficient (Wildman–Crippen LogP) is 3.52. The molecule has 0 aromatic heterocycles. The summed E-state index contributed by atoms with van der Waals surface area (Å²) in [5, 5.41) is 0. The number of allylic oxidation sites excluding steroid dienone is 2. The molecule has 1 aliphatic rings. The highest BCUT2D eigenvalue weighted by atomic mass is 32.2. The maximum absolute atomic E-state index is 2.39. The zero-order valence-corrected chi connectivity index (χ0v) is 10.1. The fraction of sp³-hybridized carbons (Fsp3) is 0.385. The Morgan fingerprint density at radius 1 is 1.40 bits per heavy atom. The molecule has 80 valence electrons. The Balaban J connectivity index is 1.91. The fourth-order valence-electron chi connectivity index (χ4n) is 1.42. The largest absolute Gasteiger partial charge is 0.241 e. The van der Waals surface area contributed by atoms with E-state index in [0.717, 1.165) is 12.5 Å². The Hall–Kier alpha value is -0.730. The lowest BCUT2D eigenvalue weighted by molar-refractivity contribution is 0.847. The average Bonchev–Trinajstić information content (AvgIpc) is 2.93. The van der Waals surface area contributed by atoms with Gasteiger partial charge in [0.15, 0.2) is 0 Å². The van der Waals surface area contributed by atoms with Crippen molar-refractivity contribution in [2.24, 2.45) is 0 Å². The van der Waals surface area contributed by atoms with E-state index in [9.17, 15) is 0 Å². The summed E-state index contributed by atoms with van der Waals surface area (Å²) >= 11 is 1.87. The fourth-order valence-corrected chi connectivity index (χ4v) is 2.42. The van der Waals surface area contributed by atoms with Gasteiger partial charge in [0.2, 0.25) is 0 Å². The zero-order valence-electron chi connectivity index (χ0n) is 9.31. The quantitative estimate of drug-likeness (QED) is 0.433. The minimum absolute atomic E-state index is 0.762. The summed E-state index contributed by atoms with van der Waals surface area (Å²) in [5.41, 5.74) is 1.39. The standard InChI is InChI=1S/C13H17NS/c1-3-4-5-12-6-8-13(9-7-12)15-14-10-11(14)2/h3-4,6-9,11H,5,10H2,1-2H3/b4-3-. The minimum atomic E-state index is 0.762. The van der Waals surface area contributed by atoms with Gasteiger partial charge in [-0.15, -0.1) is 0 Å². The van der Waals surface area contributed by atoms with Crippen LogP contribution >= 0.6 is 11.9 Å². The van der Waals surface area contributed by atoms with Gasteiger partial charge in [-0.25, -0.2) is 4.31 Å². The number of hydrogen-bond acceptors (Lipinski definition) is 2. The van der Waals surface area contributed by atoms with E-state index in [1.54, 1.807) is 0 Å². The molecule has 1 aromatic rings. The summed E-state index contributed by atoms with van der Waals surface area (Å²) < 4.78 is 2.39. The lowest BCUT2D eigenvalue weighted by Crippen LogP contribution is -1.86. The van der Waals surface area contributed by atoms with Crippen molar-refractivity contribution < 1.29 is 0 Å². The molecule has 1 fully saturated rings. The smallest absolute Gasteiger partial charge is 0.0315 e. The Morgan fingerprint density at radius 3 is 2.60 bits per heavy atom. The molecule has 15 heavy (non-hydrogen) atoms. The van der Waals surface area contributed by atoms with E-state index in [-0.39, 0.29) is 0 Å². The van der Waals surface area contributed by atoms with Crippen molar-refractivity contribution in [3.63, 3.8) is 0 Å². The predicted molar refractivity (Wildman–Crippen MR) is 67.0 cm³/mol. The zero-order chi connectivity index (χ0) is 10.7. The molecule has 2 heteroatoms. The Morgan fingerprint density at radius 2 is 2.07 bits per heavy atom. The molecular weight excluding hydrogens is 202 g/mol. The van der Waals surface area contributed by atoms with Gasteiger partial charge >= 0.3 is 0 Å². The van der Waals surface area contributed by atoms with Crippen molar-refractivity contribution in [2.45, 2.75) is 31.2 Å². The molecule has 0 aliphatic carbocycles. The molecule has 0 amide bonds. The van der Waals surface area contributed by atoms with Gasteiger partial charge in [-0.1, -0.05) is 24.3 Å². The number of benzene rings is 1. The molecule has 1 aromatic carbocycles. The van der Waals surface area contributed by atoms with E-state index in [1.165, 1.54) is 17.0 Å². The first-order chi connectivity index (χ1) is 7.29. The molecule has 1 nitrogen and oxygen atoms in total. The summed E-state index contributed by atoms with van der Waals surface area (Å²) in [7, 11) is 0.